The van der Waals surface area contributed by atoms with Gasteiger partial charge in [0.2, 0.25) is 0 Å². The number of rotatable bonds is 3. The SMILES string of the molecule is CO[C@H](C(C)C)C1CCCCC1. The standard InChI is InChI=1S/C11H22O/c1-9(2)11(12-3)10-7-5-4-6-8-10/h9-11H,4-8H2,1-3H3/t11-/m1/s1. The summed E-state index contributed by atoms with van der Waals surface area (Å²) in [6.07, 6.45) is 7.54. The van der Waals surface area contributed by atoms with Crippen LogP contribution >= 0.6 is 0 Å². The quantitative estimate of drug-likeness (QED) is 0.632. The fraction of sp³-hybridized carbons (Fsp3) is 1.00. The second-order valence-corrected chi connectivity index (χ2v) is 4.34. The van der Waals surface area contributed by atoms with Crippen LogP contribution < -0.4 is 0 Å². The molecule has 0 saturated heterocycles. The minimum atomic E-state index is 0.505. The molecule has 0 unspecified atom stereocenters. The molecule has 1 nitrogen and oxygen atoms in total. The molecule has 1 atom stereocenters. The predicted octanol–water partition coefficient (Wildman–Crippen LogP) is 3.24. The van der Waals surface area contributed by atoms with Crippen molar-refractivity contribution in [2.24, 2.45) is 11.8 Å². The summed E-state index contributed by atoms with van der Waals surface area (Å²) in [6, 6.07) is 0. The molecule has 0 heterocycles. The van der Waals surface area contributed by atoms with Gasteiger partial charge >= 0.3 is 0 Å². The van der Waals surface area contributed by atoms with Crippen molar-refractivity contribution < 1.29 is 4.74 Å². The Morgan fingerprint density at radius 2 is 1.67 bits per heavy atom. The summed E-state index contributed by atoms with van der Waals surface area (Å²) in [4.78, 5) is 0. The first kappa shape index (κ1) is 10.0. The van der Waals surface area contributed by atoms with E-state index in [1.807, 2.05) is 7.11 Å². The van der Waals surface area contributed by atoms with Gasteiger partial charge in [-0.15, -0.1) is 0 Å². The molecule has 0 N–H and O–H groups in total. The van der Waals surface area contributed by atoms with Crippen LogP contribution in [-0.4, -0.2) is 13.2 Å². The van der Waals surface area contributed by atoms with Gasteiger partial charge in [0.1, 0.15) is 0 Å². The lowest BCUT2D eigenvalue weighted by molar-refractivity contribution is 0.00393. The Labute approximate surface area is 76.5 Å². The van der Waals surface area contributed by atoms with Crippen LogP contribution in [0.15, 0.2) is 0 Å². The minimum absolute atomic E-state index is 0.505. The maximum Gasteiger partial charge on any atom is 0.0622 e. The molecule has 0 amide bonds. The van der Waals surface area contributed by atoms with Gasteiger partial charge in [0.05, 0.1) is 6.10 Å². The van der Waals surface area contributed by atoms with Gasteiger partial charge in [-0.05, 0) is 24.7 Å². The number of ether oxygens (including phenoxy) is 1. The Kier molecular flexibility index (Phi) is 4.07. The van der Waals surface area contributed by atoms with Crippen LogP contribution in [0.2, 0.25) is 0 Å². The van der Waals surface area contributed by atoms with Crippen molar-refractivity contribution in [1.82, 2.24) is 0 Å². The fourth-order valence-corrected chi connectivity index (χ4v) is 2.47. The summed E-state index contributed by atoms with van der Waals surface area (Å²) in [5.41, 5.74) is 0. The third-order valence-corrected chi connectivity index (χ3v) is 3.04. The van der Waals surface area contributed by atoms with Crippen LogP contribution in [0.25, 0.3) is 0 Å². The van der Waals surface area contributed by atoms with Crippen molar-refractivity contribution in [3.05, 3.63) is 0 Å². The fourth-order valence-electron chi connectivity index (χ4n) is 2.47. The lowest BCUT2D eigenvalue weighted by Gasteiger charge is -2.31. The monoisotopic (exact) mass is 170 g/mol. The van der Waals surface area contributed by atoms with Crippen molar-refractivity contribution in [3.63, 3.8) is 0 Å². The van der Waals surface area contributed by atoms with Gasteiger partial charge in [0.15, 0.2) is 0 Å². The van der Waals surface area contributed by atoms with Crippen molar-refractivity contribution in [2.75, 3.05) is 7.11 Å². The van der Waals surface area contributed by atoms with Gasteiger partial charge in [-0.3, -0.25) is 0 Å². The van der Waals surface area contributed by atoms with Crippen LogP contribution in [0, 0.1) is 11.8 Å². The molecule has 72 valence electrons. The molecule has 0 bridgehead atoms. The molecular formula is C11H22O. The van der Waals surface area contributed by atoms with Crippen molar-refractivity contribution >= 4 is 0 Å². The summed E-state index contributed by atoms with van der Waals surface area (Å²) in [5.74, 6) is 1.52. The van der Waals surface area contributed by atoms with Crippen LogP contribution in [0.1, 0.15) is 46.0 Å². The van der Waals surface area contributed by atoms with Crippen molar-refractivity contribution in [2.45, 2.75) is 52.1 Å². The van der Waals surface area contributed by atoms with Crippen LogP contribution in [-0.2, 0) is 4.74 Å². The Balaban J connectivity index is 2.40. The van der Waals surface area contributed by atoms with Gasteiger partial charge in [-0.25, -0.2) is 0 Å². The molecule has 1 aliphatic rings. The van der Waals surface area contributed by atoms with E-state index < -0.39 is 0 Å². The van der Waals surface area contributed by atoms with E-state index in [4.69, 9.17) is 4.74 Å². The molecule has 0 aromatic heterocycles. The van der Waals surface area contributed by atoms with Crippen LogP contribution in [0.3, 0.4) is 0 Å². The second-order valence-electron chi connectivity index (χ2n) is 4.34. The molecule has 1 saturated carbocycles. The van der Waals surface area contributed by atoms with Gasteiger partial charge < -0.3 is 4.74 Å². The number of hydrogen-bond donors (Lipinski definition) is 0. The Hall–Kier alpha value is -0.0400. The highest BCUT2D eigenvalue weighted by Crippen LogP contribution is 2.30. The molecule has 0 aliphatic heterocycles. The Morgan fingerprint density at radius 1 is 1.08 bits per heavy atom. The Bertz CT molecular complexity index is 114. The average Bonchev–Trinajstić information content (AvgIpc) is 2.07. The van der Waals surface area contributed by atoms with Gasteiger partial charge in [-0.2, -0.15) is 0 Å². The van der Waals surface area contributed by atoms with E-state index in [1.165, 1.54) is 32.1 Å². The van der Waals surface area contributed by atoms with Gasteiger partial charge in [0, 0.05) is 7.11 Å². The van der Waals surface area contributed by atoms with Gasteiger partial charge in [-0.1, -0.05) is 33.1 Å². The zero-order valence-electron chi connectivity index (χ0n) is 8.68. The third kappa shape index (κ3) is 2.48. The zero-order valence-corrected chi connectivity index (χ0v) is 8.68. The topological polar surface area (TPSA) is 9.23 Å². The lowest BCUT2D eigenvalue weighted by Crippen LogP contribution is -2.29. The average molecular weight is 170 g/mol. The third-order valence-electron chi connectivity index (χ3n) is 3.04. The molecule has 0 aromatic carbocycles. The molecule has 0 spiro atoms. The highest BCUT2D eigenvalue weighted by Gasteiger charge is 2.25. The number of hydrogen-bond acceptors (Lipinski definition) is 1. The number of methoxy groups -OCH3 is 1. The first-order valence-corrected chi connectivity index (χ1v) is 5.28. The summed E-state index contributed by atoms with van der Waals surface area (Å²) in [7, 11) is 1.86. The van der Waals surface area contributed by atoms with E-state index in [0.717, 1.165) is 5.92 Å². The first-order valence-electron chi connectivity index (χ1n) is 5.28. The lowest BCUT2D eigenvalue weighted by atomic mass is 9.81. The molecule has 1 aliphatic carbocycles. The first-order chi connectivity index (χ1) is 5.75. The molecule has 1 rings (SSSR count). The van der Waals surface area contributed by atoms with Crippen molar-refractivity contribution in [3.8, 4) is 0 Å². The summed E-state index contributed by atoms with van der Waals surface area (Å²) in [5, 5.41) is 0. The largest absolute Gasteiger partial charge is 0.381 e. The van der Waals surface area contributed by atoms with Gasteiger partial charge in [0.25, 0.3) is 0 Å². The Morgan fingerprint density at radius 3 is 2.08 bits per heavy atom. The van der Waals surface area contributed by atoms with E-state index in [-0.39, 0.29) is 0 Å². The van der Waals surface area contributed by atoms with Crippen LogP contribution in [0.5, 0.6) is 0 Å². The molecule has 0 radical (unpaired) electrons. The van der Waals surface area contributed by atoms with E-state index in [1.54, 1.807) is 0 Å². The highest BCUT2D eigenvalue weighted by molar-refractivity contribution is 4.76. The highest BCUT2D eigenvalue weighted by atomic mass is 16.5. The van der Waals surface area contributed by atoms with E-state index >= 15 is 0 Å². The summed E-state index contributed by atoms with van der Waals surface area (Å²) in [6.45, 7) is 4.53. The van der Waals surface area contributed by atoms with Crippen LogP contribution in [0.4, 0.5) is 0 Å². The summed E-state index contributed by atoms with van der Waals surface area (Å²) >= 11 is 0. The van der Waals surface area contributed by atoms with E-state index in [0.29, 0.717) is 12.0 Å². The molecule has 1 fully saturated rings. The minimum Gasteiger partial charge on any atom is -0.381 e. The zero-order chi connectivity index (χ0) is 8.97. The molecular weight excluding hydrogens is 148 g/mol. The van der Waals surface area contributed by atoms with E-state index in [9.17, 15) is 0 Å². The van der Waals surface area contributed by atoms with E-state index in [2.05, 4.69) is 13.8 Å². The molecule has 0 aromatic rings. The second kappa shape index (κ2) is 4.86. The molecule has 1 heteroatoms. The van der Waals surface area contributed by atoms with Crippen molar-refractivity contribution in [1.29, 1.82) is 0 Å². The maximum atomic E-state index is 5.55. The predicted molar refractivity (Wildman–Crippen MR) is 52.2 cm³/mol. The smallest absolute Gasteiger partial charge is 0.0622 e. The summed E-state index contributed by atoms with van der Waals surface area (Å²) < 4.78 is 5.55. The normalized spacial score (nSPS) is 23.0. The maximum absolute atomic E-state index is 5.55. The molecule has 12 heavy (non-hydrogen) atoms.